The van der Waals surface area contributed by atoms with Crippen LogP contribution in [0.25, 0.3) is 11.3 Å². The quantitative estimate of drug-likeness (QED) is 0.578. The first-order valence-electron chi connectivity index (χ1n) is 9.71. The van der Waals surface area contributed by atoms with Crippen LogP contribution in [-0.2, 0) is 17.8 Å². The number of halogens is 2. The van der Waals surface area contributed by atoms with Crippen LogP contribution in [0.2, 0.25) is 0 Å². The average molecular weight is 410 g/mol. The third kappa shape index (κ3) is 4.07. The Kier molecular flexibility index (Phi) is 6.52. The van der Waals surface area contributed by atoms with Crippen LogP contribution in [0.15, 0.2) is 36.4 Å². The summed E-state index contributed by atoms with van der Waals surface area (Å²) in [5, 5.41) is 3.05. The van der Waals surface area contributed by atoms with Gasteiger partial charge in [0.15, 0.2) is 0 Å². The minimum absolute atomic E-state index is 0.146. The number of aryl methyl sites for hydroxylation is 3. The maximum atomic E-state index is 14.5. The molecular weight excluding hydrogens is 386 g/mol. The van der Waals surface area contributed by atoms with Crippen LogP contribution >= 0.6 is 0 Å². The second-order valence-corrected chi connectivity index (χ2v) is 7.00. The van der Waals surface area contributed by atoms with E-state index < -0.39 is 17.3 Å². The number of para-hydroxylation sites is 1. The van der Waals surface area contributed by atoms with Gasteiger partial charge in [-0.25, -0.2) is 18.7 Å². The summed E-state index contributed by atoms with van der Waals surface area (Å²) in [6.07, 6.45) is 1.23. The fraction of sp³-hybridized carbons (Fsp3) is 0.261. The van der Waals surface area contributed by atoms with Crippen molar-refractivity contribution in [1.29, 1.82) is 0 Å². The molecule has 1 amide bonds. The molecule has 1 heterocycles. The van der Waals surface area contributed by atoms with E-state index in [9.17, 15) is 13.6 Å². The van der Waals surface area contributed by atoms with Gasteiger partial charge in [-0.1, -0.05) is 25.1 Å². The topological polar surface area (TPSA) is 58.1 Å². The third-order valence-corrected chi connectivity index (χ3v) is 4.93. The van der Waals surface area contributed by atoms with Crippen LogP contribution < -0.4 is 10.2 Å². The molecule has 0 spiro atoms. The van der Waals surface area contributed by atoms with E-state index in [-0.39, 0.29) is 5.82 Å². The molecule has 0 aliphatic rings. The van der Waals surface area contributed by atoms with Crippen LogP contribution in [0.3, 0.4) is 0 Å². The molecule has 5 nitrogen and oxygen atoms in total. The number of carbonyl (C=O) groups excluding carboxylic acids is 1. The van der Waals surface area contributed by atoms with Crippen LogP contribution in [0.5, 0.6) is 0 Å². The number of carbonyl (C=O) groups is 1. The number of amides is 1. The summed E-state index contributed by atoms with van der Waals surface area (Å²) in [7, 11) is 1.75. The van der Waals surface area contributed by atoms with Crippen molar-refractivity contribution >= 4 is 17.9 Å². The number of rotatable bonds is 7. The normalized spacial score (nSPS) is 10.9. The molecule has 0 radical (unpaired) electrons. The highest BCUT2D eigenvalue weighted by molar-refractivity contribution is 5.88. The highest BCUT2D eigenvalue weighted by atomic mass is 19.1. The number of benzene rings is 2. The highest BCUT2D eigenvalue weighted by Gasteiger charge is 2.25. The van der Waals surface area contributed by atoms with Crippen molar-refractivity contribution in [2.45, 2.75) is 33.7 Å². The molecule has 0 fully saturated rings. The number of anilines is 2. The Labute approximate surface area is 174 Å². The fourth-order valence-corrected chi connectivity index (χ4v) is 3.41. The van der Waals surface area contributed by atoms with Crippen molar-refractivity contribution in [2.24, 2.45) is 0 Å². The molecule has 0 aliphatic heterocycles. The maximum absolute atomic E-state index is 14.5. The van der Waals surface area contributed by atoms with Gasteiger partial charge in [-0.05, 0) is 56.6 Å². The van der Waals surface area contributed by atoms with Crippen molar-refractivity contribution in [3.05, 3.63) is 70.5 Å². The van der Waals surface area contributed by atoms with Gasteiger partial charge in [0, 0.05) is 17.7 Å². The lowest BCUT2D eigenvalue weighted by Gasteiger charge is -2.23. The van der Waals surface area contributed by atoms with E-state index in [4.69, 9.17) is 0 Å². The van der Waals surface area contributed by atoms with Gasteiger partial charge in [-0.3, -0.25) is 9.69 Å². The summed E-state index contributed by atoms with van der Waals surface area (Å²) in [6.45, 7) is 6.04. The van der Waals surface area contributed by atoms with Crippen LogP contribution in [0, 0.1) is 25.5 Å². The van der Waals surface area contributed by atoms with Gasteiger partial charge in [0.05, 0.1) is 5.69 Å². The summed E-state index contributed by atoms with van der Waals surface area (Å²) in [5.41, 5.74) is 3.77. The molecule has 1 aromatic heterocycles. The molecule has 0 saturated carbocycles. The Hall–Kier alpha value is -3.19. The standard InChI is InChI=1S/C23H24F2N4O/c1-5-16-10-9-14(2)17(11-16)21-18(12-26-4)23(28-15(3)27-21)29(13-30)22-19(24)7-6-8-20(22)25/h6-11,13,26H,5,12H2,1-4H3. The lowest BCUT2D eigenvalue weighted by atomic mass is 9.97. The van der Waals surface area contributed by atoms with Gasteiger partial charge in [0.25, 0.3) is 0 Å². The molecule has 3 aromatic rings. The van der Waals surface area contributed by atoms with Crippen molar-refractivity contribution in [3.63, 3.8) is 0 Å². The minimum Gasteiger partial charge on any atom is -0.315 e. The van der Waals surface area contributed by atoms with Crippen LogP contribution in [0.4, 0.5) is 20.3 Å². The predicted octanol–water partition coefficient (Wildman–Crippen LogP) is 4.61. The van der Waals surface area contributed by atoms with Gasteiger partial charge in [-0.15, -0.1) is 0 Å². The largest absolute Gasteiger partial charge is 0.315 e. The maximum Gasteiger partial charge on any atom is 0.220 e. The smallest absolute Gasteiger partial charge is 0.220 e. The van der Waals surface area contributed by atoms with Crippen molar-refractivity contribution < 1.29 is 13.6 Å². The number of nitrogens with one attached hydrogen (secondary N) is 1. The molecule has 0 atom stereocenters. The van der Waals surface area contributed by atoms with Gasteiger partial charge < -0.3 is 5.32 Å². The monoisotopic (exact) mass is 410 g/mol. The molecule has 156 valence electrons. The second kappa shape index (κ2) is 9.09. The van der Waals surface area contributed by atoms with E-state index in [0.29, 0.717) is 30.0 Å². The lowest BCUT2D eigenvalue weighted by molar-refractivity contribution is -0.106. The summed E-state index contributed by atoms with van der Waals surface area (Å²) in [4.78, 5) is 21.9. The molecular formula is C23H24F2N4O. The molecule has 0 bridgehead atoms. The van der Waals surface area contributed by atoms with Crippen molar-refractivity contribution in [2.75, 3.05) is 11.9 Å². The average Bonchev–Trinajstić information content (AvgIpc) is 2.72. The SMILES string of the molecule is CCc1ccc(C)c(-c2nc(C)nc(N(C=O)c3c(F)cccc3F)c2CNC)c1. The van der Waals surface area contributed by atoms with E-state index in [0.717, 1.165) is 40.1 Å². The summed E-state index contributed by atoms with van der Waals surface area (Å²) in [5.74, 6) is -1.16. The molecule has 0 unspecified atom stereocenters. The zero-order valence-electron chi connectivity index (χ0n) is 17.5. The zero-order chi connectivity index (χ0) is 21.8. The Morgan fingerprint density at radius 3 is 2.40 bits per heavy atom. The zero-order valence-corrected chi connectivity index (χ0v) is 17.5. The number of aromatic nitrogens is 2. The first kappa shape index (κ1) is 21.5. The molecule has 2 aromatic carbocycles. The summed E-state index contributed by atoms with van der Waals surface area (Å²) >= 11 is 0. The van der Waals surface area contributed by atoms with Gasteiger partial charge >= 0.3 is 0 Å². The number of nitrogens with zero attached hydrogens (tertiary/aromatic N) is 3. The molecule has 0 saturated heterocycles. The Balaban J connectivity index is 2.32. The molecule has 0 aliphatic carbocycles. The second-order valence-electron chi connectivity index (χ2n) is 7.00. The number of hydrogen-bond donors (Lipinski definition) is 1. The van der Waals surface area contributed by atoms with Crippen molar-refractivity contribution in [1.82, 2.24) is 15.3 Å². The third-order valence-electron chi connectivity index (χ3n) is 4.93. The Morgan fingerprint density at radius 2 is 1.80 bits per heavy atom. The Bertz CT molecular complexity index is 1060. The van der Waals surface area contributed by atoms with E-state index in [1.54, 1.807) is 14.0 Å². The molecule has 30 heavy (non-hydrogen) atoms. The summed E-state index contributed by atoms with van der Waals surface area (Å²) < 4.78 is 29.0. The van der Waals surface area contributed by atoms with Gasteiger partial charge in [0.1, 0.15) is 29.0 Å². The first-order chi connectivity index (χ1) is 14.4. The van der Waals surface area contributed by atoms with E-state index in [2.05, 4.69) is 34.3 Å². The number of hydrogen-bond acceptors (Lipinski definition) is 4. The molecule has 3 rings (SSSR count). The highest BCUT2D eigenvalue weighted by Crippen LogP contribution is 2.35. The van der Waals surface area contributed by atoms with E-state index >= 15 is 0 Å². The van der Waals surface area contributed by atoms with Gasteiger partial charge in [0.2, 0.25) is 6.41 Å². The minimum atomic E-state index is -0.848. The Morgan fingerprint density at radius 1 is 1.10 bits per heavy atom. The predicted molar refractivity (Wildman–Crippen MR) is 114 cm³/mol. The van der Waals surface area contributed by atoms with E-state index in [1.807, 2.05) is 13.0 Å². The fourth-order valence-electron chi connectivity index (χ4n) is 3.41. The summed E-state index contributed by atoms with van der Waals surface area (Å²) in [6, 6.07) is 9.59. The molecule has 7 heteroatoms. The van der Waals surface area contributed by atoms with Crippen molar-refractivity contribution in [3.8, 4) is 11.3 Å². The first-order valence-corrected chi connectivity index (χ1v) is 9.71. The molecule has 1 N–H and O–H groups in total. The van der Waals surface area contributed by atoms with Crippen LogP contribution in [-0.4, -0.2) is 23.4 Å². The lowest BCUT2D eigenvalue weighted by Crippen LogP contribution is -2.23. The van der Waals surface area contributed by atoms with Crippen LogP contribution in [0.1, 0.15) is 29.4 Å². The van der Waals surface area contributed by atoms with Gasteiger partial charge in [-0.2, -0.15) is 0 Å². The van der Waals surface area contributed by atoms with E-state index in [1.165, 1.54) is 6.07 Å².